The summed E-state index contributed by atoms with van der Waals surface area (Å²) in [5, 5.41) is 7.09. The number of benzene rings is 1. The lowest BCUT2D eigenvalue weighted by molar-refractivity contribution is 1.03. The predicted molar refractivity (Wildman–Crippen MR) is 93.1 cm³/mol. The largest absolute Gasteiger partial charge is 0.350 e. The number of halogens is 1. The first-order chi connectivity index (χ1) is 11.2. The lowest BCUT2D eigenvalue weighted by atomic mass is 10.3. The van der Waals surface area contributed by atoms with Gasteiger partial charge >= 0.3 is 0 Å². The van der Waals surface area contributed by atoms with E-state index in [1.807, 2.05) is 49.4 Å². The number of para-hydroxylation sites is 1. The Labute approximate surface area is 139 Å². The van der Waals surface area contributed by atoms with Crippen molar-refractivity contribution in [2.75, 3.05) is 10.6 Å². The zero-order valence-corrected chi connectivity index (χ0v) is 13.4. The van der Waals surface area contributed by atoms with E-state index < -0.39 is 0 Å². The van der Waals surface area contributed by atoms with Crippen molar-refractivity contribution in [2.24, 2.45) is 0 Å². The van der Waals surface area contributed by atoms with Crippen LogP contribution >= 0.6 is 11.6 Å². The van der Waals surface area contributed by atoms with E-state index in [9.17, 15) is 0 Å². The second-order valence-corrected chi connectivity index (χ2v) is 5.44. The highest BCUT2D eigenvalue weighted by Crippen LogP contribution is 2.24. The number of hydrogen-bond donors (Lipinski definition) is 2. The summed E-state index contributed by atoms with van der Waals surface area (Å²) >= 11 is 6.17. The molecule has 23 heavy (non-hydrogen) atoms. The fourth-order valence-corrected chi connectivity index (χ4v) is 2.28. The molecule has 0 aliphatic carbocycles. The van der Waals surface area contributed by atoms with E-state index in [4.69, 9.17) is 11.6 Å². The molecule has 0 radical (unpaired) electrons. The molecule has 0 saturated heterocycles. The molecule has 6 heteroatoms. The molecular formula is C17H16ClN5. The Hall–Kier alpha value is -2.66. The number of rotatable bonds is 5. The highest BCUT2D eigenvalue weighted by atomic mass is 35.5. The Morgan fingerprint density at radius 1 is 1.04 bits per heavy atom. The molecule has 0 saturated carbocycles. The van der Waals surface area contributed by atoms with Crippen molar-refractivity contribution in [1.29, 1.82) is 0 Å². The average molecular weight is 326 g/mol. The van der Waals surface area contributed by atoms with E-state index in [0.717, 1.165) is 16.9 Å². The van der Waals surface area contributed by atoms with Gasteiger partial charge in [0.05, 0.1) is 10.7 Å². The fourth-order valence-electron chi connectivity index (χ4n) is 2.09. The van der Waals surface area contributed by atoms with Crippen molar-refractivity contribution in [1.82, 2.24) is 15.0 Å². The van der Waals surface area contributed by atoms with E-state index in [2.05, 4.69) is 25.6 Å². The van der Waals surface area contributed by atoms with E-state index in [-0.39, 0.29) is 0 Å². The molecule has 2 aromatic heterocycles. The minimum absolute atomic E-state index is 0.566. The van der Waals surface area contributed by atoms with Crippen LogP contribution in [0.2, 0.25) is 5.02 Å². The van der Waals surface area contributed by atoms with Gasteiger partial charge in [0.2, 0.25) is 5.95 Å². The summed E-state index contributed by atoms with van der Waals surface area (Å²) in [5.74, 6) is 1.26. The van der Waals surface area contributed by atoms with Crippen LogP contribution in [0, 0.1) is 6.92 Å². The summed E-state index contributed by atoms with van der Waals surface area (Å²) in [4.78, 5) is 12.9. The van der Waals surface area contributed by atoms with E-state index in [1.165, 1.54) is 0 Å². The monoisotopic (exact) mass is 325 g/mol. The van der Waals surface area contributed by atoms with Gasteiger partial charge in [0.1, 0.15) is 5.82 Å². The summed E-state index contributed by atoms with van der Waals surface area (Å²) in [7, 11) is 0. The van der Waals surface area contributed by atoms with Crippen LogP contribution in [0.15, 0.2) is 54.9 Å². The standard InChI is InChI=1S/C17H16ClN5/c1-12-10-16(22-15-5-3-2-4-14(15)18)23-17(21-12)20-11-13-6-8-19-9-7-13/h2-10H,11H2,1H3,(H2,20,21,22,23). The van der Waals surface area contributed by atoms with Crippen molar-refractivity contribution < 1.29 is 0 Å². The van der Waals surface area contributed by atoms with Crippen molar-refractivity contribution in [3.63, 3.8) is 0 Å². The molecule has 5 nitrogen and oxygen atoms in total. The molecule has 1 aromatic carbocycles. The predicted octanol–water partition coefficient (Wildman–Crippen LogP) is 4.19. The molecule has 0 aliphatic rings. The number of aryl methyl sites for hydroxylation is 1. The van der Waals surface area contributed by atoms with Crippen LogP contribution in [0.4, 0.5) is 17.5 Å². The number of pyridine rings is 1. The van der Waals surface area contributed by atoms with Gasteiger partial charge in [-0.2, -0.15) is 4.98 Å². The van der Waals surface area contributed by atoms with Crippen molar-refractivity contribution in [2.45, 2.75) is 13.5 Å². The van der Waals surface area contributed by atoms with Gasteiger partial charge in [-0.1, -0.05) is 23.7 Å². The highest BCUT2D eigenvalue weighted by Gasteiger charge is 2.05. The number of aromatic nitrogens is 3. The topological polar surface area (TPSA) is 62.7 Å². The maximum Gasteiger partial charge on any atom is 0.225 e. The van der Waals surface area contributed by atoms with E-state index >= 15 is 0 Å². The van der Waals surface area contributed by atoms with Crippen LogP contribution in [-0.4, -0.2) is 15.0 Å². The average Bonchev–Trinajstić information content (AvgIpc) is 2.56. The van der Waals surface area contributed by atoms with Crippen LogP contribution < -0.4 is 10.6 Å². The molecule has 0 amide bonds. The van der Waals surface area contributed by atoms with Crippen LogP contribution in [0.1, 0.15) is 11.3 Å². The van der Waals surface area contributed by atoms with Gasteiger partial charge in [-0.15, -0.1) is 0 Å². The van der Waals surface area contributed by atoms with Crippen molar-refractivity contribution in [3.05, 3.63) is 71.1 Å². The molecule has 0 aliphatic heterocycles. The van der Waals surface area contributed by atoms with Gasteiger partial charge in [0.15, 0.2) is 0 Å². The van der Waals surface area contributed by atoms with Crippen molar-refractivity contribution in [3.8, 4) is 0 Å². The third-order valence-corrected chi connectivity index (χ3v) is 3.52. The Morgan fingerprint density at radius 3 is 2.61 bits per heavy atom. The number of hydrogen-bond acceptors (Lipinski definition) is 5. The quantitative estimate of drug-likeness (QED) is 0.736. The summed E-state index contributed by atoms with van der Waals surface area (Å²) < 4.78 is 0. The molecule has 116 valence electrons. The number of anilines is 3. The molecule has 3 rings (SSSR count). The Bertz CT molecular complexity index is 792. The zero-order valence-electron chi connectivity index (χ0n) is 12.6. The van der Waals surface area contributed by atoms with Gasteiger partial charge in [0.25, 0.3) is 0 Å². The minimum Gasteiger partial charge on any atom is -0.350 e. The van der Waals surface area contributed by atoms with Crippen LogP contribution in [0.5, 0.6) is 0 Å². The smallest absolute Gasteiger partial charge is 0.225 e. The minimum atomic E-state index is 0.566. The van der Waals surface area contributed by atoms with Crippen molar-refractivity contribution >= 4 is 29.1 Å². The second kappa shape index (κ2) is 7.07. The molecule has 0 spiro atoms. The zero-order chi connectivity index (χ0) is 16.1. The van der Waals surface area contributed by atoms with Gasteiger partial charge in [-0.3, -0.25) is 4.98 Å². The van der Waals surface area contributed by atoms with E-state index in [1.54, 1.807) is 12.4 Å². The molecule has 2 heterocycles. The molecule has 0 atom stereocenters. The van der Waals surface area contributed by atoms with Gasteiger partial charge in [-0.05, 0) is 36.8 Å². The Kier molecular flexibility index (Phi) is 4.68. The molecule has 0 bridgehead atoms. The fraction of sp³-hybridized carbons (Fsp3) is 0.118. The summed E-state index contributed by atoms with van der Waals surface area (Å²) in [6.07, 6.45) is 3.52. The first-order valence-corrected chi connectivity index (χ1v) is 7.58. The van der Waals surface area contributed by atoms with E-state index in [0.29, 0.717) is 23.3 Å². The second-order valence-electron chi connectivity index (χ2n) is 5.03. The SMILES string of the molecule is Cc1cc(Nc2ccccc2Cl)nc(NCc2ccncc2)n1. The van der Waals surface area contributed by atoms with Crippen LogP contribution in [-0.2, 0) is 6.54 Å². The summed E-state index contributed by atoms with van der Waals surface area (Å²) in [5.41, 5.74) is 2.80. The lowest BCUT2D eigenvalue weighted by Gasteiger charge is -2.11. The molecule has 0 unspecified atom stereocenters. The maximum absolute atomic E-state index is 6.17. The summed E-state index contributed by atoms with van der Waals surface area (Å²) in [6, 6.07) is 13.3. The Morgan fingerprint density at radius 2 is 1.83 bits per heavy atom. The third-order valence-electron chi connectivity index (χ3n) is 3.19. The maximum atomic E-state index is 6.17. The van der Waals surface area contributed by atoms with Crippen LogP contribution in [0.25, 0.3) is 0 Å². The molecule has 0 fully saturated rings. The Balaban J connectivity index is 1.75. The normalized spacial score (nSPS) is 10.3. The number of nitrogens with zero attached hydrogens (tertiary/aromatic N) is 3. The van der Waals surface area contributed by atoms with Gasteiger partial charge in [0, 0.05) is 30.7 Å². The summed E-state index contributed by atoms with van der Waals surface area (Å²) in [6.45, 7) is 2.56. The highest BCUT2D eigenvalue weighted by molar-refractivity contribution is 6.33. The van der Waals surface area contributed by atoms with Gasteiger partial charge < -0.3 is 10.6 Å². The third kappa shape index (κ3) is 4.17. The van der Waals surface area contributed by atoms with Crippen LogP contribution in [0.3, 0.4) is 0 Å². The molecule has 3 aromatic rings. The first-order valence-electron chi connectivity index (χ1n) is 7.21. The lowest BCUT2D eigenvalue weighted by Crippen LogP contribution is -2.06. The molecular weight excluding hydrogens is 310 g/mol. The molecule has 2 N–H and O–H groups in total. The number of nitrogens with one attached hydrogen (secondary N) is 2. The van der Waals surface area contributed by atoms with Gasteiger partial charge in [-0.25, -0.2) is 4.98 Å². The first kappa shape index (κ1) is 15.2.